The first-order valence-electron chi connectivity index (χ1n) is 8.94. The highest BCUT2D eigenvalue weighted by Crippen LogP contribution is 2.36. The van der Waals surface area contributed by atoms with E-state index in [-0.39, 0.29) is 5.91 Å². The van der Waals surface area contributed by atoms with Crippen molar-refractivity contribution >= 4 is 50.6 Å². The maximum atomic E-state index is 12.2. The number of carbonyl (C=O) groups is 1. The third-order valence-electron chi connectivity index (χ3n) is 4.14. The maximum Gasteiger partial charge on any atom is 0.230 e. The van der Waals surface area contributed by atoms with Crippen molar-refractivity contribution in [3.8, 4) is 10.4 Å². The second-order valence-corrected chi connectivity index (χ2v) is 9.27. The predicted octanol–water partition coefficient (Wildman–Crippen LogP) is 5.18. The fourth-order valence-corrected chi connectivity index (χ4v) is 5.55. The number of aryl methyl sites for hydroxylation is 1. The molecule has 0 aliphatic heterocycles. The molecule has 3 heterocycles. The fraction of sp³-hybridized carbons (Fsp3) is 0.190. The van der Waals surface area contributed by atoms with Crippen LogP contribution in [-0.2, 0) is 11.2 Å². The first-order valence-corrected chi connectivity index (χ1v) is 11.6. The average Bonchev–Trinajstić information content (AvgIpc) is 3.36. The summed E-state index contributed by atoms with van der Waals surface area (Å²) in [7, 11) is 0. The van der Waals surface area contributed by atoms with E-state index < -0.39 is 0 Å². The minimum absolute atomic E-state index is 0.0319. The van der Waals surface area contributed by atoms with Crippen LogP contribution in [0.15, 0.2) is 58.9 Å². The normalized spacial score (nSPS) is 11.0. The molecule has 4 rings (SSSR count). The Balaban J connectivity index is 1.44. The third-order valence-corrected chi connectivity index (χ3v) is 7.15. The monoisotopic (exact) mass is 425 g/mol. The molecule has 0 bridgehead atoms. The predicted molar refractivity (Wildman–Crippen MR) is 119 cm³/mol. The van der Waals surface area contributed by atoms with E-state index in [9.17, 15) is 4.79 Å². The van der Waals surface area contributed by atoms with Gasteiger partial charge in [0.05, 0.1) is 5.75 Å². The molecule has 142 valence electrons. The molecule has 0 aliphatic rings. The van der Waals surface area contributed by atoms with Crippen LogP contribution < -0.4 is 5.32 Å². The number of benzene rings is 1. The number of hydrogen-bond acceptors (Lipinski definition) is 6. The Morgan fingerprint density at radius 1 is 1.14 bits per heavy atom. The van der Waals surface area contributed by atoms with Crippen LogP contribution in [0.3, 0.4) is 0 Å². The van der Waals surface area contributed by atoms with Gasteiger partial charge in [0.25, 0.3) is 0 Å². The van der Waals surface area contributed by atoms with Gasteiger partial charge in [-0.3, -0.25) is 4.79 Å². The summed E-state index contributed by atoms with van der Waals surface area (Å²) in [5.74, 6) is 1.12. The number of thiophene rings is 2. The number of nitrogens with one attached hydrogen (secondary N) is 1. The lowest BCUT2D eigenvalue weighted by atomic mass is 10.2. The van der Waals surface area contributed by atoms with E-state index in [1.807, 2.05) is 31.2 Å². The highest BCUT2D eigenvalue weighted by Gasteiger charge is 2.13. The Morgan fingerprint density at radius 3 is 2.79 bits per heavy atom. The Kier molecular flexibility index (Phi) is 6.04. The van der Waals surface area contributed by atoms with Gasteiger partial charge in [-0.2, -0.15) is 0 Å². The molecule has 28 heavy (non-hydrogen) atoms. The minimum Gasteiger partial charge on any atom is -0.355 e. The highest BCUT2D eigenvalue weighted by atomic mass is 32.2. The smallest absolute Gasteiger partial charge is 0.230 e. The molecule has 0 saturated heterocycles. The van der Waals surface area contributed by atoms with Gasteiger partial charge < -0.3 is 5.32 Å². The topological polar surface area (TPSA) is 54.9 Å². The molecular formula is C21H19N3OS3. The lowest BCUT2D eigenvalue weighted by molar-refractivity contribution is -0.118. The molecular weight excluding hydrogens is 406 g/mol. The second-order valence-electron chi connectivity index (χ2n) is 6.24. The summed E-state index contributed by atoms with van der Waals surface area (Å²) in [5.41, 5.74) is 1.17. The molecule has 0 saturated carbocycles. The van der Waals surface area contributed by atoms with Crippen molar-refractivity contribution < 1.29 is 4.79 Å². The molecule has 1 N–H and O–H groups in total. The van der Waals surface area contributed by atoms with Gasteiger partial charge in [0.1, 0.15) is 15.7 Å². The van der Waals surface area contributed by atoms with Gasteiger partial charge in [-0.15, -0.1) is 22.7 Å². The van der Waals surface area contributed by atoms with Gasteiger partial charge in [0.2, 0.25) is 5.91 Å². The molecule has 3 aromatic heterocycles. The number of fused-ring (bicyclic) bond motifs is 1. The van der Waals surface area contributed by atoms with Crippen LogP contribution in [0.1, 0.15) is 10.7 Å². The summed E-state index contributed by atoms with van der Waals surface area (Å²) >= 11 is 4.85. The Bertz CT molecular complexity index is 1080. The highest BCUT2D eigenvalue weighted by molar-refractivity contribution is 8.00. The minimum atomic E-state index is 0.0319. The SMILES string of the molecule is Cc1nc(SCC(=O)NCCc2cccs2)c2cc(-c3ccccc3)sc2n1. The van der Waals surface area contributed by atoms with Gasteiger partial charge >= 0.3 is 0 Å². The van der Waals surface area contributed by atoms with Crippen molar-refractivity contribution in [3.63, 3.8) is 0 Å². The second kappa shape index (κ2) is 8.86. The first-order chi connectivity index (χ1) is 13.7. The quantitative estimate of drug-likeness (QED) is 0.327. The van der Waals surface area contributed by atoms with Crippen molar-refractivity contribution in [1.82, 2.24) is 15.3 Å². The molecule has 0 unspecified atom stereocenters. The van der Waals surface area contributed by atoms with Crippen LogP contribution in [-0.4, -0.2) is 28.2 Å². The Hall–Kier alpha value is -2.22. The lowest BCUT2D eigenvalue weighted by Crippen LogP contribution is -2.27. The average molecular weight is 426 g/mol. The van der Waals surface area contributed by atoms with Crippen LogP contribution in [0, 0.1) is 6.92 Å². The molecule has 0 aliphatic carbocycles. The zero-order valence-corrected chi connectivity index (χ0v) is 17.8. The maximum absolute atomic E-state index is 12.2. The molecule has 0 atom stereocenters. The number of thioether (sulfide) groups is 1. The number of hydrogen-bond donors (Lipinski definition) is 1. The molecule has 4 aromatic rings. The summed E-state index contributed by atoms with van der Waals surface area (Å²) in [5, 5.41) is 6.94. The molecule has 0 fully saturated rings. The van der Waals surface area contributed by atoms with Crippen LogP contribution in [0.2, 0.25) is 0 Å². The molecule has 1 amide bonds. The van der Waals surface area contributed by atoms with Crippen molar-refractivity contribution in [2.45, 2.75) is 18.4 Å². The third kappa shape index (κ3) is 4.60. The van der Waals surface area contributed by atoms with E-state index in [0.29, 0.717) is 12.3 Å². The van der Waals surface area contributed by atoms with Crippen molar-refractivity contribution in [2.75, 3.05) is 12.3 Å². The van der Waals surface area contributed by atoms with E-state index >= 15 is 0 Å². The van der Waals surface area contributed by atoms with Gasteiger partial charge in [0.15, 0.2) is 0 Å². The zero-order chi connectivity index (χ0) is 19.3. The largest absolute Gasteiger partial charge is 0.355 e. The molecule has 1 aromatic carbocycles. The van der Waals surface area contributed by atoms with Crippen LogP contribution >= 0.6 is 34.4 Å². The Labute approximate surface area is 176 Å². The van der Waals surface area contributed by atoms with E-state index in [1.165, 1.54) is 22.2 Å². The number of carbonyl (C=O) groups excluding carboxylic acids is 1. The Morgan fingerprint density at radius 2 is 2.00 bits per heavy atom. The summed E-state index contributed by atoms with van der Waals surface area (Å²) in [4.78, 5) is 24.8. The molecule has 0 radical (unpaired) electrons. The summed E-state index contributed by atoms with van der Waals surface area (Å²) in [6, 6.07) is 16.5. The van der Waals surface area contributed by atoms with Gasteiger partial charge in [-0.05, 0) is 36.4 Å². The lowest BCUT2D eigenvalue weighted by Gasteiger charge is -2.05. The number of nitrogens with zero attached hydrogens (tertiary/aromatic N) is 2. The molecule has 0 spiro atoms. The van der Waals surface area contributed by atoms with E-state index in [0.717, 1.165) is 32.4 Å². The van der Waals surface area contributed by atoms with E-state index in [2.05, 4.69) is 44.9 Å². The molecule has 4 nitrogen and oxygen atoms in total. The van der Waals surface area contributed by atoms with Gasteiger partial charge in [-0.25, -0.2) is 9.97 Å². The van der Waals surface area contributed by atoms with Gasteiger partial charge in [0, 0.05) is 21.7 Å². The van der Waals surface area contributed by atoms with Crippen molar-refractivity contribution in [2.24, 2.45) is 0 Å². The van der Waals surface area contributed by atoms with Gasteiger partial charge in [-0.1, -0.05) is 48.2 Å². The van der Waals surface area contributed by atoms with Crippen LogP contribution in [0.4, 0.5) is 0 Å². The summed E-state index contributed by atoms with van der Waals surface area (Å²) < 4.78 is 0. The zero-order valence-electron chi connectivity index (χ0n) is 15.3. The number of aromatic nitrogens is 2. The van der Waals surface area contributed by atoms with Crippen molar-refractivity contribution in [3.05, 3.63) is 64.6 Å². The number of amides is 1. The standard InChI is InChI=1S/C21H19N3OS3/c1-14-23-20(27-13-19(25)22-10-9-16-8-5-11-26-16)17-12-18(28-21(17)24-14)15-6-3-2-4-7-15/h2-8,11-12H,9-10,13H2,1H3,(H,22,25). The van der Waals surface area contributed by atoms with Crippen LogP contribution in [0.25, 0.3) is 20.7 Å². The summed E-state index contributed by atoms with van der Waals surface area (Å²) in [6.07, 6.45) is 0.871. The van der Waals surface area contributed by atoms with Crippen molar-refractivity contribution in [1.29, 1.82) is 0 Å². The first kappa shape index (κ1) is 19.1. The fourth-order valence-electron chi connectivity index (χ4n) is 2.82. The van der Waals surface area contributed by atoms with E-state index in [1.54, 1.807) is 22.7 Å². The number of rotatable bonds is 7. The van der Waals surface area contributed by atoms with Crippen LogP contribution in [0.5, 0.6) is 0 Å². The van der Waals surface area contributed by atoms with E-state index in [4.69, 9.17) is 0 Å². The molecule has 7 heteroatoms. The summed E-state index contributed by atoms with van der Waals surface area (Å²) in [6.45, 7) is 2.56.